The number of carbonyl (C=O) groups excluding carboxylic acids is 3. The summed E-state index contributed by atoms with van der Waals surface area (Å²) in [6.07, 6.45) is 1.68. The van der Waals surface area contributed by atoms with Crippen LogP contribution in [-0.2, 0) is 4.79 Å². The third kappa shape index (κ3) is 4.49. The lowest BCUT2D eigenvalue weighted by molar-refractivity contribution is -0.129. The topological polar surface area (TPSA) is 82.6 Å². The number of hydrogen-bond acceptors (Lipinski definition) is 5. The average Bonchev–Trinajstić information content (AvgIpc) is 2.68. The number of rotatable bonds is 4. The molecule has 0 aliphatic carbocycles. The molecule has 1 saturated heterocycles. The number of amides is 2. The van der Waals surface area contributed by atoms with E-state index in [0.717, 1.165) is 18.8 Å². The van der Waals surface area contributed by atoms with Crippen molar-refractivity contribution in [2.45, 2.75) is 13.8 Å². The van der Waals surface area contributed by atoms with Crippen LogP contribution in [0, 0.1) is 0 Å². The van der Waals surface area contributed by atoms with Crippen LogP contribution in [0.1, 0.15) is 34.7 Å². The summed E-state index contributed by atoms with van der Waals surface area (Å²) in [6, 6.07) is 10.3. The highest BCUT2D eigenvalue weighted by Crippen LogP contribution is 2.17. The summed E-state index contributed by atoms with van der Waals surface area (Å²) in [4.78, 5) is 43.3. The van der Waals surface area contributed by atoms with Crippen molar-refractivity contribution >= 4 is 29.0 Å². The first-order valence-corrected chi connectivity index (χ1v) is 8.83. The SMILES string of the molecule is CC(=O)c1ccc(NC(=O)c2ccc(N3CCN(C(C)=O)CC3)cn2)cc1. The number of pyridine rings is 1. The van der Waals surface area contributed by atoms with Crippen LogP contribution in [0.4, 0.5) is 11.4 Å². The number of nitrogens with zero attached hydrogens (tertiary/aromatic N) is 3. The maximum Gasteiger partial charge on any atom is 0.274 e. The molecule has 1 aromatic heterocycles. The standard InChI is InChI=1S/C20H22N4O3/c1-14(25)16-3-5-17(6-4-16)22-20(27)19-8-7-18(13-21-19)24-11-9-23(10-12-24)15(2)26/h3-8,13H,9-12H2,1-2H3,(H,22,27). The van der Waals surface area contributed by atoms with Gasteiger partial charge < -0.3 is 15.1 Å². The van der Waals surface area contributed by atoms with Crippen molar-refractivity contribution in [2.24, 2.45) is 0 Å². The number of Topliss-reactive ketones (excluding diaryl/α,β-unsaturated/α-hetero) is 1. The van der Waals surface area contributed by atoms with Gasteiger partial charge in [-0.2, -0.15) is 0 Å². The second-order valence-electron chi connectivity index (χ2n) is 6.48. The zero-order chi connectivity index (χ0) is 19.4. The van der Waals surface area contributed by atoms with E-state index in [9.17, 15) is 14.4 Å². The lowest BCUT2D eigenvalue weighted by Gasteiger charge is -2.35. The first kappa shape index (κ1) is 18.6. The Morgan fingerprint density at radius 3 is 2.11 bits per heavy atom. The van der Waals surface area contributed by atoms with E-state index in [-0.39, 0.29) is 17.6 Å². The maximum atomic E-state index is 12.3. The van der Waals surface area contributed by atoms with Gasteiger partial charge in [-0.1, -0.05) is 0 Å². The van der Waals surface area contributed by atoms with Gasteiger partial charge in [-0.3, -0.25) is 14.4 Å². The Bertz CT molecular complexity index is 839. The molecule has 0 unspecified atom stereocenters. The molecule has 0 saturated carbocycles. The predicted molar refractivity (Wildman–Crippen MR) is 103 cm³/mol. The van der Waals surface area contributed by atoms with Crippen LogP contribution in [0.25, 0.3) is 0 Å². The Balaban J connectivity index is 1.60. The molecule has 2 amide bonds. The van der Waals surface area contributed by atoms with Gasteiger partial charge in [0.1, 0.15) is 5.69 Å². The minimum absolute atomic E-state index is 0.0192. The van der Waals surface area contributed by atoms with Crippen LogP contribution in [0.2, 0.25) is 0 Å². The lowest BCUT2D eigenvalue weighted by Crippen LogP contribution is -2.48. The van der Waals surface area contributed by atoms with Gasteiger partial charge in [0.2, 0.25) is 5.91 Å². The molecular weight excluding hydrogens is 344 g/mol. The number of piperazine rings is 1. The van der Waals surface area contributed by atoms with E-state index >= 15 is 0 Å². The molecule has 1 fully saturated rings. The molecule has 140 valence electrons. The normalized spacial score (nSPS) is 14.0. The van der Waals surface area contributed by atoms with Crippen molar-refractivity contribution in [1.82, 2.24) is 9.88 Å². The number of benzene rings is 1. The van der Waals surface area contributed by atoms with Gasteiger partial charge in [0.05, 0.1) is 11.9 Å². The highest BCUT2D eigenvalue weighted by atomic mass is 16.2. The highest BCUT2D eigenvalue weighted by molar-refractivity contribution is 6.03. The number of anilines is 2. The minimum Gasteiger partial charge on any atom is -0.367 e. The highest BCUT2D eigenvalue weighted by Gasteiger charge is 2.19. The molecule has 27 heavy (non-hydrogen) atoms. The number of carbonyl (C=O) groups is 3. The van der Waals surface area contributed by atoms with Gasteiger partial charge in [0.25, 0.3) is 5.91 Å². The number of ketones is 1. The first-order valence-electron chi connectivity index (χ1n) is 8.83. The fourth-order valence-electron chi connectivity index (χ4n) is 2.97. The Morgan fingerprint density at radius 1 is 0.926 bits per heavy atom. The molecule has 1 N–H and O–H groups in total. The summed E-state index contributed by atoms with van der Waals surface area (Å²) in [7, 11) is 0. The largest absolute Gasteiger partial charge is 0.367 e. The van der Waals surface area contributed by atoms with Gasteiger partial charge >= 0.3 is 0 Å². The Labute approximate surface area is 158 Å². The second kappa shape index (κ2) is 7.99. The lowest BCUT2D eigenvalue weighted by atomic mass is 10.1. The minimum atomic E-state index is -0.307. The molecule has 1 aliphatic heterocycles. The van der Waals surface area contributed by atoms with Crippen molar-refractivity contribution in [3.05, 3.63) is 53.9 Å². The molecule has 3 rings (SSSR count). The summed E-state index contributed by atoms with van der Waals surface area (Å²) in [5, 5.41) is 2.77. The van der Waals surface area contributed by atoms with Crippen LogP contribution in [0.3, 0.4) is 0 Å². The molecule has 0 atom stereocenters. The molecular formula is C20H22N4O3. The van der Waals surface area contributed by atoms with E-state index in [1.807, 2.05) is 11.0 Å². The summed E-state index contributed by atoms with van der Waals surface area (Å²) < 4.78 is 0. The van der Waals surface area contributed by atoms with Gasteiger partial charge in [0.15, 0.2) is 5.78 Å². The van der Waals surface area contributed by atoms with Crippen LogP contribution in [0.5, 0.6) is 0 Å². The van der Waals surface area contributed by atoms with Crippen LogP contribution in [-0.4, -0.2) is 53.7 Å². The Kier molecular flexibility index (Phi) is 5.49. The maximum absolute atomic E-state index is 12.3. The van der Waals surface area contributed by atoms with E-state index in [1.165, 1.54) is 6.92 Å². The van der Waals surface area contributed by atoms with Crippen molar-refractivity contribution in [3.63, 3.8) is 0 Å². The molecule has 1 aromatic carbocycles. The molecule has 0 bridgehead atoms. The number of hydrogen-bond donors (Lipinski definition) is 1. The molecule has 2 heterocycles. The average molecular weight is 366 g/mol. The van der Waals surface area contributed by atoms with E-state index in [1.54, 1.807) is 43.5 Å². The summed E-state index contributed by atoms with van der Waals surface area (Å²) in [5.41, 5.74) is 2.45. The van der Waals surface area contributed by atoms with Crippen molar-refractivity contribution in [2.75, 3.05) is 36.4 Å². The molecule has 1 aliphatic rings. The van der Waals surface area contributed by atoms with E-state index in [4.69, 9.17) is 0 Å². The summed E-state index contributed by atoms with van der Waals surface area (Å²) >= 11 is 0. The fourth-order valence-corrected chi connectivity index (χ4v) is 2.97. The fraction of sp³-hybridized carbons (Fsp3) is 0.300. The number of aromatic nitrogens is 1. The zero-order valence-electron chi connectivity index (χ0n) is 15.4. The molecule has 7 nitrogen and oxygen atoms in total. The second-order valence-corrected chi connectivity index (χ2v) is 6.48. The Morgan fingerprint density at radius 2 is 1.59 bits per heavy atom. The van der Waals surface area contributed by atoms with E-state index in [2.05, 4.69) is 15.2 Å². The molecule has 0 spiro atoms. The van der Waals surface area contributed by atoms with Crippen LogP contribution in [0.15, 0.2) is 42.6 Å². The number of nitrogens with one attached hydrogen (secondary N) is 1. The van der Waals surface area contributed by atoms with Gasteiger partial charge in [-0.25, -0.2) is 4.98 Å². The van der Waals surface area contributed by atoms with E-state index in [0.29, 0.717) is 30.0 Å². The molecule has 7 heteroatoms. The van der Waals surface area contributed by atoms with Crippen LogP contribution >= 0.6 is 0 Å². The van der Waals surface area contributed by atoms with Crippen LogP contribution < -0.4 is 10.2 Å². The zero-order valence-corrected chi connectivity index (χ0v) is 15.4. The van der Waals surface area contributed by atoms with Crippen molar-refractivity contribution < 1.29 is 14.4 Å². The summed E-state index contributed by atoms with van der Waals surface area (Å²) in [5.74, 6) is -0.232. The van der Waals surface area contributed by atoms with Gasteiger partial charge in [-0.05, 0) is 43.3 Å². The molecule has 0 radical (unpaired) electrons. The monoisotopic (exact) mass is 366 g/mol. The molecule has 2 aromatic rings. The quantitative estimate of drug-likeness (QED) is 0.839. The third-order valence-electron chi connectivity index (χ3n) is 4.62. The van der Waals surface area contributed by atoms with Gasteiger partial charge in [0, 0.05) is 44.4 Å². The van der Waals surface area contributed by atoms with E-state index < -0.39 is 0 Å². The summed E-state index contributed by atoms with van der Waals surface area (Å²) in [6.45, 7) is 5.95. The third-order valence-corrected chi connectivity index (χ3v) is 4.62. The first-order chi connectivity index (χ1) is 12.9. The smallest absolute Gasteiger partial charge is 0.274 e. The van der Waals surface area contributed by atoms with Crippen molar-refractivity contribution in [1.29, 1.82) is 0 Å². The van der Waals surface area contributed by atoms with Crippen molar-refractivity contribution in [3.8, 4) is 0 Å². The van der Waals surface area contributed by atoms with Gasteiger partial charge in [-0.15, -0.1) is 0 Å². The predicted octanol–water partition coefficient (Wildman–Crippen LogP) is 2.21. The Hall–Kier alpha value is -3.22.